The molecule has 0 amide bonds. The van der Waals surface area contributed by atoms with E-state index in [-0.39, 0.29) is 0 Å². The molecule has 0 aromatic rings. The van der Waals surface area contributed by atoms with Gasteiger partial charge in [0.05, 0.1) is 6.61 Å². The Balaban J connectivity index is 1.80. The number of hydrogen-bond acceptors (Lipinski definition) is 3. The molecule has 2 aliphatic rings. The Hall–Kier alpha value is 0.0969. The SMILES string of the molecule is CC(C)(C)[Si](C)(C)OC[C@H]1C[C@H]2CCCN2O1. The van der Waals surface area contributed by atoms with Crippen LogP contribution in [0.3, 0.4) is 0 Å². The number of nitrogens with zero attached hydrogens (tertiary/aromatic N) is 1. The molecule has 2 saturated heterocycles. The molecular formula is C13H27NO2Si. The summed E-state index contributed by atoms with van der Waals surface area (Å²) < 4.78 is 6.23. The van der Waals surface area contributed by atoms with Crippen LogP contribution in [0.15, 0.2) is 0 Å². The first-order valence-corrected chi connectivity index (χ1v) is 9.78. The molecule has 2 fully saturated rings. The van der Waals surface area contributed by atoms with Crippen molar-refractivity contribution in [2.45, 2.75) is 70.3 Å². The van der Waals surface area contributed by atoms with Crippen LogP contribution in [0.5, 0.6) is 0 Å². The van der Waals surface area contributed by atoms with E-state index in [0.29, 0.717) is 17.2 Å². The topological polar surface area (TPSA) is 21.7 Å². The zero-order valence-electron chi connectivity index (χ0n) is 12.0. The van der Waals surface area contributed by atoms with Gasteiger partial charge < -0.3 is 4.43 Å². The highest BCUT2D eigenvalue weighted by Crippen LogP contribution is 2.37. The molecule has 3 nitrogen and oxygen atoms in total. The molecule has 100 valence electrons. The normalized spacial score (nSPS) is 30.9. The van der Waals surface area contributed by atoms with Crippen LogP contribution >= 0.6 is 0 Å². The van der Waals surface area contributed by atoms with E-state index < -0.39 is 8.32 Å². The van der Waals surface area contributed by atoms with Crippen LogP contribution in [0.1, 0.15) is 40.0 Å². The van der Waals surface area contributed by atoms with E-state index in [0.717, 1.165) is 19.6 Å². The first kappa shape index (κ1) is 13.5. The van der Waals surface area contributed by atoms with Gasteiger partial charge in [-0.2, -0.15) is 5.06 Å². The van der Waals surface area contributed by atoms with Crippen molar-refractivity contribution in [3.63, 3.8) is 0 Å². The lowest BCUT2D eigenvalue weighted by Gasteiger charge is -2.36. The second-order valence-electron chi connectivity index (χ2n) is 6.97. The van der Waals surface area contributed by atoms with Crippen molar-refractivity contribution in [3.05, 3.63) is 0 Å². The molecule has 4 heteroatoms. The van der Waals surface area contributed by atoms with Gasteiger partial charge in [-0.25, -0.2) is 0 Å². The van der Waals surface area contributed by atoms with Crippen molar-refractivity contribution < 1.29 is 9.26 Å². The van der Waals surface area contributed by atoms with Crippen molar-refractivity contribution in [1.82, 2.24) is 5.06 Å². The quantitative estimate of drug-likeness (QED) is 0.725. The van der Waals surface area contributed by atoms with Gasteiger partial charge in [0.25, 0.3) is 0 Å². The van der Waals surface area contributed by atoms with Crippen molar-refractivity contribution in [3.8, 4) is 0 Å². The standard InChI is InChI=1S/C13H27NO2Si/c1-13(2,3)17(4,5)15-10-12-9-11-7-6-8-14(11)16-12/h11-12H,6-10H2,1-5H3/t11-,12-/m1/s1. The molecule has 0 unspecified atom stereocenters. The van der Waals surface area contributed by atoms with E-state index >= 15 is 0 Å². The first-order valence-electron chi connectivity index (χ1n) is 6.87. The highest BCUT2D eigenvalue weighted by molar-refractivity contribution is 6.74. The van der Waals surface area contributed by atoms with Gasteiger partial charge in [-0.15, -0.1) is 0 Å². The third-order valence-corrected chi connectivity index (χ3v) is 9.08. The number of fused-ring (bicyclic) bond motifs is 1. The molecular weight excluding hydrogens is 230 g/mol. The second kappa shape index (κ2) is 4.65. The molecule has 0 saturated carbocycles. The lowest BCUT2D eigenvalue weighted by atomic mass is 10.1. The number of rotatable bonds is 3. The lowest BCUT2D eigenvalue weighted by Crippen LogP contribution is -2.42. The van der Waals surface area contributed by atoms with Gasteiger partial charge in [-0.05, 0) is 37.4 Å². The Morgan fingerprint density at radius 3 is 2.65 bits per heavy atom. The Morgan fingerprint density at radius 2 is 2.06 bits per heavy atom. The minimum absolute atomic E-state index is 0.293. The van der Waals surface area contributed by atoms with Gasteiger partial charge in [0.2, 0.25) is 0 Å². The average molecular weight is 257 g/mol. The molecule has 0 bridgehead atoms. The van der Waals surface area contributed by atoms with Crippen LogP contribution in [0.25, 0.3) is 0 Å². The molecule has 2 atom stereocenters. The predicted octanol–water partition coefficient (Wildman–Crippen LogP) is 3.18. The van der Waals surface area contributed by atoms with Crippen LogP contribution < -0.4 is 0 Å². The number of hydrogen-bond donors (Lipinski definition) is 0. The fraction of sp³-hybridized carbons (Fsp3) is 1.00. The molecule has 2 rings (SSSR count). The van der Waals surface area contributed by atoms with E-state index in [1.807, 2.05) is 0 Å². The van der Waals surface area contributed by atoms with Crippen molar-refractivity contribution in [1.29, 1.82) is 0 Å². The molecule has 17 heavy (non-hydrogen) atoms. The molecule has 0 aliphatic carbocycles. The van der Waals surface area contributed by atoms with E-state index in [2.05, 4.69) is 38.9 Å². The Morgan fingerprint density at radius 1 is 1.35 bits per heavy atom. The van der Waals surface area contributed by atoms with Gasteiger partial charge in [0.15, 0.2) is 8.32 Å². The van der Waals surface area contributed by atoms with Crippen molar-refractivity contribution in [2.75, 3.05) is 13.2 Å². The largest absolute Gasteiger partial charge is 0.414 e. The average Bonchev–Trinajstić information content (AvgIpc) is 2.71. The predicted molar refractivity (Wildman–Crippen MR) is 72.4 cm³/mol. The van der Waals surface area contributed by atoms with Gasteiger partial charge in [0, 0.05) is 12.6 Å². The third-order valence-electron chi connectivity index (χ3n) is 4.58. The van der Waals surface area contributed by atoms with E-state index in [9.17, 15) is 0 Å². The zero-order chi connectivity index (χ0) is 12.7. The molecule has 0 spiro atoms. The summed E-state index contributed by atoms with van der Waals surface area (Å²) in [6.45, 7) is 13.4. The monoisotopic (exact) mass is 257 g/mol. The summed E-state index contributed by atoms with van der Waals surface area (Å²) in [6.07, 6.45) is 4.06. The van der Waals surface area contributed by atoms with Gasteiger partial charge in [0.1, 0.15) is 6.10 Å². The van der Waals surface area contributed by atoms with Crippen LogP contribution in [0.2, 0.25) is 18.1 Å². The van der Waals surface area contributed by atoms with E-state index in [1.54, 1.807) is 0 Å². The summed E-state index contributed by atoms with van der Waals surface area (Å²) >= 11 is 0. The van der Waals surface area contributed by atoms with Crippen molar-refractivity contribution >= 4 is 8.32 Å². The summed E-state index contributed by atoms with van der Waals surface area (Å²) in [6, 6.07) is 0.669. The zero-order valence-corrected chi connectivity index (χ0v) is 13.0. The Labute approximate surface area is 107 Å². The second-order valence-corrected chi connectivity index (χ2v) is 11.8. The molecule has 0 N–H and O–H groups in total. The highest BCUT2D eigenvalue weighted by Gasteiger charge is 2.41. The minimum atomic E-state index is -1.61. The summed E-state index contributed by atoms with van der Waals surface area (Å²) in [5.41, 5.74) is 0. The fourth-order valence-electron chi connectivity index (χ4n) is 2.34. The maximum absolute atomic E-state index is 6.23. The van der Waals surface area contributed by atoms with Gasteiger partial charge in [-0.3, -0.25) is 4.84 Å². The fourth-order valence-corrected chi connectivity index (χ4v) is 3.37. The van der Waals surface area contributed by atoms with Crippen LogP contribution in [0.4, 0.5) is 0 Å². The Kier molecular flexibility index (Phi) is 3.70. The lowest BCUT2D eigenvalue weighted by molar-refractivity contribution is -0.155. The summed E-state index contributed by atoms with van der Waals surface area (Å²) in [4.78, 5) is 5.92. The summed E-state index contributed by atoms with van der Waals surface area (Å²) in [5.74, 6) is 0. The summed E-state index contributed by atoms with van der Waals surface area (Å²) in [7, 11) is -1.61. The molecule has 2 heterocycles. The van der Waals surface area contributed by atoms with Gasteiger partial charge in [-0.1, -0.05) is 20.8 Å². The molecule has 2 aliphatic heterocycles. The van der Waals surface area contributed by atoms with Crippen LogP contribution in [-0.2, 0) is 9.26 Å². The first-order chi connectivity index (χ1) is 7.79. The minimum Gasteiger partial charge on any atom is -0.414 e. The maximum Gasteiger partial charge on any atom is 0.192 e. The number of hydroxylamine groups is 2. The van der Waals surface area contributed by atoms with Crippen LogP contribution in [-0.4, -0.2) is 38.7 Å². The highest BCUT2D eigenvalue weighted by atomic mass is 28.4. The smallest absolute Gasteiger partial charge is 0.192 e. The third kappa shape index (κ3) is 2.92. The Bertz CT molecular complexity index is 263. The summed E-state index contributed by atoms with van der Waals surface area (Å²) in [5, 5.41) is 2.47. The van der Waals surface area contributed by atoms with E-state index in [4.69, 9.17) is 9.26 Å². The van der Waals surface area contributed by atoms with Crippen LogP contribution in [0, 0.1) is 0 Å². The molecule has 0 aromatic heterocycles. The van der Waals surface area contributed by atoms with E-state index in [1.165, 1.54) is 12.8 Å². The molecule has 0 aromatic carbocycles. The maximum atomic E-state index is 6.23. The van der Waals surface area contributed by atoms with Gasteiger partial charge >= 0.3 is 0 Å². The molecule has 0 radical (unpaired) electrons. The van der Waals surface area contributed by atoms with Crippen molar-refractivity contribution in [2.24, 2.45) is 0 Å².